The van der Waals surface area contributed by atoms with E-state index in [-0.39, 0.29) is 25.0 Å². The van der Waals surface area contributed by atoms with Crippen LogP contribution in [0.3, 0.4) is 0 Å². The predicted molar refractivity (Wildman–Crippen MR) is 239 cm³/mol. The highest BCUT2D eigenvalue weighted by molar-refractivity contribution is 7.18. The number of carbonyl (C=O) groups excluding carboxylic acids is 2. The summed E-state index contributed by atoms with van der Waals surface area (Å²) in [6.07, 6.45) is 15.2. The number of aromatic nitrogens is 10. The second-order valence-corrected chi connectivity index (χ2v) is 14.6. The maximum Gasteiger partial charge on any atom is 0.351 e. The van der Waals surface area contributed by atoms with Crippen molar-refractivity contribution in [2.24, 2.45) is 0 Å². The van der Waals surface area contributed by atoms with E-state index in [4.69, 9.17) is 40.5 Å². The van der Waals surface area contributed by atoms with Crippen molar-refractivity contribution in [3.63, 3.8) is 0 Å². The molecule has 0 radical (unpaired) electrons. The molecule has 0 aliphatic carbocycles. The summed E-state index contributed by atoms with van der Waals surface area (Å²) >= 11 is 7.47. The van der Waals surface area contributed by atoms with E-state index in [0.717, 1.165) is 22.7 Å². The Balaban J connectivity index is 0.000000285. The van der Waals surface area contributed by atoms with Gasteiger partial charge in [-0.05, 0) is 39.8 Å². The molecule has 0 unspecified atom stereocenters. The lowest BCUT2D eigenvalue weighted by Gasteiger charge is -2.19. The van der Waals surface area contributed by atoms with Gasteiger partial charge in [0.2, 0.25) is 11.9 Å². The molecule has 0 bridgehead atoms. The van der Waals surface area contributed by atoms with Gasteiger partial charge in [0.1, 0.15) is 45.3 Å². The van der Waals surface area contributed by atoms with E-state index in [1.807, 2.05) is 0 Å². The number of methoxy groups -OCH3 is 2. The molecule has 0 saturated carbocycles. The Kier molecular flexibility index (Phi) is 24.4. The van der Waals surface area contributed by atoms with Crippen LogP contribution in [-0.2, 0) is 28.4 Å². The van der Waals surface area contributed by atoms with Crippen LogP contribution < -0.4 is 10.2 Å². The third-order valence-electron chi connectivity index (χ3n) is 6.88. The van der Waals surface area contributed by atoms with Gasteiger partial charge in [0, 0.05) is 70.7 Å². The number of nitriles is 1. The summed E-state index contributed by atoms with van der Waals surface area (Å²) < 4.78 is 30.7. The third kappa shape index (κ3) is 18.2. The van der Waals surface area contributed by atoms with E-state index in [1.54, 1.807) is 121 Å². The topological polar surface area (TPSA) is 257 Å². The first-order chi connectivity index (χ1) is 31.1. The number of halogens is 1. The first-order valence-corrected chi connectivity index (χ1v) is 21.3. The van der Waals surface area contributed by atoms with Crippen molar-refractivity contribution in [3.8, 4) is 28.8 Å². The fourth-order valence-electron chi connectivity index (χ4n) is 4.38. The summed E-state index contributed by atoms with van der Waals surface area (Å²) in [4.78, 5) is 69.8. The van der Waals surface area contributed by atoms with Crippen molar-refractivity contribution >= 4 is 68.4 Å². The number of ether oxygens (including phenoxy) is 6. The lowest BCUT2D eigenvalue weighted by molar-refractivity contribution is 0.0373. The molecule has 21 nitrogen and oxygen atoms in total. The quantitative estimate of drug-likeness (QED) is 0.0379. The Labute approximate surface area is 383 Å². The number of nitrogens with one attached hydrogen (secondary N) is 1. The number of thiazole rings is 2. The van der Waals surface area contributed by atoms with Crippen LogP contribution in [0.25, 0.3) is 22.8 Å². The van der Waals surface area contributed by atoms with E-state index in [0.29, 0.717) is 81.1 Å². The van der Waals surface area contributed by atoms with Crippen molar-refractivity contribution in [1.82, 2.24) is 49.8 Å². The maximum absolute atomic E-state index is 12.7. The molecule has 1 N–H and O–H groups in total. The SMILES string of the molecule is CC#N.CC(C)OC(=O)c1sc(Nc2ncccn2)nc1-c1cnccn1.COCCOCCl.COCCOCN(c1ncccn1)c1nc(-c2cnccn2)c(C(=O)OC(C)C)s1. The summed E-state index contributed by atoms with van der Waals surface area (Å²) in [6.45, 7) is 10.7. The van der Waals surface area contributed by atoms with Crippen molar-refractivity contribution in [2.75, 3.05) is 63.7 Å². The molecule has 0 atom stereocenters. The summed E-state index contributed by atoms with van der Waals surface area (Å²) in [6, 6.07) is 5.43. The second kappa shape index (κ2) is 29.9. The average Bonchev–Trinajstić information content (AvgIpc) is 3.94. The minimum atomic E-state index is -0.483. The van der Waals surface area contributed by atoms with Crippen LogP contribution in [0.4, 0.5) is 22.2 Å². The van der Waals surface area contributed by atoms with Crippen LogP contribution in [0.5, 0.6) is 0 Å². The first-order valence-electron chi connectivity index (χ1n) is 19.1. The number of alkyl halides is 1. The second-order valence-electron chi connectivity index (χ2n) is 12.4. The fourth-order valence-corrected chi connectivity index (χ4v) is 6.29. The van der Waals surface area contributed by atoms with Gasteiger partial charge in [0.05, 0.1) is 57.1 Å². The van der Waals surface area contributed by atoms with Gasteiger partial charge in [0.15, 0.2) is 10.3 Å². The molecule has 6 rings (SSSR count). The van der Waals surface area contributed by atoms with Gasteiger partial charge in [-0.1, -0.05) is 34.3 Å². The summed E-state index contributed by atoms with van der Waals surface area (Å²) in [5.74, 6) is -0.160. The molecule has 6 aromatic heterocycles. The Bertz CT molecular complexity index is 2260. The molecular weight excluding hydrogens is 890 g/mol. The zero-order valence-electron chi connectivity index (χ0n) is 36.2. The Morgan fingerprint density at radius 3 is 1.70 bits per heavy atom. The van der Waals surface area contributed by atoms with Crippen molar-refractivity contribution in [2.45, 2.75) is 46.8 Å². The van der Waals surface area contributed by atoms with Crippen LogP contribution >= 0.6 is 34.3 Å². The van der Waals surface area contributed by atoms with Gasteiger partial charge >= 0.3 is 11.9 Å². The minimum absolute atomic E-state index is 0.124. The Morgan fingerprint density at radius 2 is 1.22 bits per heavy atom. The molecule has 0 aromatic carbocycles. The van der Waals surface area contributed by atoms with E-state index >= 15 is 0 Å². The van der Waals surface area contributed by atoms with Gasteiger partial charge < -0.3 is 33.7 Å². The van der Waals surface area contributed by atoms with E-state index in [2.05, 4.69) is 59.9 Å². The van der Waals surface area contributed by atoms with Gasteiger partial charge in [-0.15, -0.1) is 0 Å². The standard InChI is InChI=1S/C19H22N6O4S.C15H14N6O2S.C4H9ClO2.C2H3N/c1-13(2)29-17(26)16-15(14-11-20-7-8-21-14)24-19(30-16)25(12-28-10-9-27-3)18-22-5-4-6-23-18;1-9(2)23-13(22)12-11(10-8-16-6-7-17-10)20-15(24-12)21-14-18-4-3-5-19-14;1-6-2-3-7-4-5;1-2-3/h4-8,11,13H,9-10,12H2,1-3H3;3-9H,1-2H3,(H,18,19,20,21);2-4H2,1H3;1H3. The van der Waals surface area contributed by atoms with E-state index in [1.165, 1.54) is 13.1 Å². The van der Waals surface area contributed by atoms with Crippen LogP contribution in [0.15, 0.2) is 74.1 Å². The molecule has 6 aromatic rings. The number of rotatable bonds is 19. The lowest BCUT2D eigenvalue weighted by atomic mass is 10.3. The number of nitrogens with zero attached hydrogens (tertiary/aromatic N) is 12. The van der Waals surface area contributed by atoms with Crippen LogP contribution in [0, 0.1) is 11.3 Å². The highest BCUT2D eigenvalue weighted by Crippen LogP contribution is 2.35. The third-order valence-corrected chi connectivity index (χ3v) is 9.04. The average molecular weight is 938 g/mol. The first kappa shape index (κ1) is 52.1. The van der Waals surface area contributed by atoms with Gasteiger partial charge in [-0.2, -0.15) is 5.26 Å². The normalized spacial score (nSPS) is 10.3. The zero-order chi connectivity index (χ0) is 46.5. The van der Waals surface area contributed by atoms with Gasteiger partial charge in [-0.3, -0.25) is 24.8 Å². The monoisotopic (exact) mass is 937 g/mol. The number of anilines is 4. The lowest BCUT2D eigenvalue weighted by Crippen LogP contribution is -2.23. The molecule has 0 amide bonds. The zero-order valence-corrected chi connectivity index (χ0v) is 38.5. The largest absolute Gasteiger partial charge is 0.459 e. The molecule has 0 aliphatic rings. The highest BCUT2D eigenvalue weighted by Gasteiger charge is 2.27. The van der Waals surface area contributed by atoms with Crippen molar-refractivity contribution in [1.29, 1.82) is 5.26 Å². The number of hydrogen-bond acceptors (Lipinski definition) is 23. The molecule has 340 valence electrons. The molecule has 64 heavy (non-hydrogen) atoms. The smallest absolute Gasteiger partial charge is 0.351 e. The Hall–Kier alpha value is -6.26. The fraction of sp³-hybridized carbons (Fsp3) is 0.375. The molecule has 0 aliphatic heterocycles. The summed E-state index contributed by atoms with van der Waals surface area (Å²) in [5.41, 5.74) is 1.75. The van der Waals surface area contributed by atoms with Crippen molar-refractivity contribution in [3.05, 3.63) is 83.9 Å². The van der Waals surface area contributed by atoms with Gasteiger partial charge in [-0.25, -0.2) is 39.5 Å². The van der Waals surface area contributed by atoms with Crippen molar-refractivity contribution < 1.29 is 38.0 Å². The minimum Gasteiger partial charge on any atom is -0.459 e. The molecule has 6 heterocycles. The molecule has 0 fully saturated rings. The van der Waals surface area contributed by atoms with Gasteiger partial charge in [0.25, 0.3) is 0 Å². The Morgan fingerprint density at radius 1 is 0.719 bits per heavy atom. The van der Waals surface area contributed by atoms with Crippen LogP contribution in [0.1, 0.15) is 54.0 Å². The molecule has 0 spiro atoms. The predicted octanol–water partition coefficient (Wildman–Crippen LogP) is 6.79. The number of hydrogen-bond donors (Lipinski definition) is 1. The molecular formula is C40H48ClN13O8S2. The summed E-state index contributed by atoms with van der Waals surface area (Å²) in [7, 11) is 3.22. The van der Waals surface area contributed by atoms with Crippen LogP contribution in [0.2, 0.25) is 0 Å². The van der Waals surface area contributed by atoms with Crippen LogP contribution in [-0.4, -0.2) is 127 Å². The molecule has 24 heteroatoms. The van der Waals surface area contributed by atoms with E-state index < -0.39 is 11.9 Å². The maximum atomic E-state index is 12.7. The highest BCUT2D eigenvalue weighted by atomic mass is 35.5. The summed E-state index contributed by atoms with van der Waals surface area (Å²) in [5, 5.41) is 11.2. The number of esters is 2. The molecule has 0 saturated heterocycles. The number of carbonyl (C=O) groups is 2. The van der Waals surface area contributed by atoms with E-state index in [9.17, 15) is 9.59 Å².